The molecule has 0 atom stereocenters. The van der Waals surface area contributed by atoms with Crippen molar-refractivity contribution in [1.29, 1.82) is 0 Å². The molecule has 11 heteroatoms. The summed E-state index contributed by atoms with van der Waals surface area (Å²) in [5.74, 6) is 0.848. The lowest BCUT2D eigenvalue weighted by Crippen LogP contribution is -2.45. The van der Waals surface area contributed by atoms with E-state index in [1.54, 1.807) is 24.3 Å². The maximum Gasteiger partial charge on any atom is 0.243 e. The Hall–Kier alpha value is -3.25. The molecule has 0 aromatic heterocycles. The van der Waals surface area contributed by atoms with Gasteiger partial charge in [-0.2, -0.15) is 8.61 Å². The van der Waals surface area contributed by atoms with E-state index in [1.165, 1.54) is 32.9 Å². The highest BCUT2D eigenvalue weighted by Gasteiger charge is 2.34. The first kappa shape index (κ1) is 30.2. The van der Waals surface area contributed by atoms with E-state index in [4.69, 9.17) is 4.74 Å². The molecule has 1 N–H and O–H groups in total. The number of sulfonamides is 2. The number of benzene rings is 3. The number of hydrogen-bond donors (Lipinski definition) is 1. The van der Waals surface area contributed by atoms with Crippen LogP contribution in [0.25, 0.3) is 0 Å². The standard InChI is InChI=1S/C31H37N3O6S2/c35-31(32-25-14-16-28(17-15-25)40-27-12-6-2-7-13-27)24-34(26-10-4-1-5-11-26)42(38,39)30-20-18-29(19-21-30)41(36,37)33-22-8-3-9-23-33/h2,6-7,12-21,26H,1,3-5,8-11,22-24H2,(H,32,35). The van der Waals surface area contributed by atoms with Crippen LogP contribution in [0, 0.1) is 0 Å². The van der Waals surface area contributed by atoms with E-state index in [-0.39, 0.29) is 22.4 Å². The van der Waals surface area contributed by atoms with Crippen molar-refractivity contribution in [2.24, 2.45) is 0 Å². The molecule has 224 valence electrons. The Bertz CT molecular complexity index is 1550. The zero-order valence-electron chi connectivity index (χ0n) is 23.5. The molecule has 2 aliphatic rings. The van der Waals surface area contributed by atoms with Gasteiger partial charge in [-0.05, 0) is 86.3 Å². The predicted molar refractivity (Wildman–Crippen MR) is 161 cm³/mol. The van der Waals surface area contributed by atoms with Crippen LogP contribution in [0.5, 0.6) is 11.5 Å². The van der Waals surface area contributed by atoms with Crippen molar-refractivity contribution < 1.29 is 26.4 Å². The number of nitrogens with one attached hydrogen (secondary N) is 1. The van der Waals surface area contributed by atoms with Gasteiger partial charge in [0.25, 0.3) is 0 Å². The Balaban J connectivity index is 1.30. The topological polar surface area (TPSA) is 113 Å². The van der Waals surface area contributed by atoms with Gasteiger partial charge in [-0.1, -0.05) is 43.9 Å². The SMILES string of the molecule is O=C(CN(C1CCCCC1)S(=O)(=O)c1ccc(S(=O)(=O)N2CCCCC2)cc1)Nc1ccc(Oc2ccccc2)cc1. The van der Waals surface area contributed by atoms with Crippen LogP contribution in [0.3, 0.4) is 0 Å². The molecule has 1 aliphatic heterocycles. The highest BCUT2D eigenvalue weighted by molar-refractivity contribution is 7.89. The van der Waals surface area contributed by atoms with Crippen molar-refractivity contribution in [3.63, 3.8) is 0 Å². The van der Waals surface area contributed by atoms with Gasteiger partial charge in [-0.15, -0.1) is 0 Å². The fourth-order valence-corrected chi connectivity index (χ4v) is 8.68. The molecule has 1 amide bonds. The van der Waals surface area contributed by atoms with Crippen LogP contribution in [-0.4, -0.2) is 57.0 Å². The van der Waals surface area contributed by atoms with Gasteiger partial charge in [-0.3, -0.25) is 4.79 Å². The summed E-state index contributed by atoms with van der Waals surface area (Å²) in [5.41, 5.74) is 0.522. The average Bonchev–Trinajstić information content (AvgIpc) is 3.02. The predicted octanol–water partition coefficient (Wildman–Crippen LogP) is 5.62. The lowest BCUT2D eigenvalue weighted by molar-refractivity contribution is -0.116. The maximum absolute atomic E-state index is 13.9. The first-order valence-electron chi connectivity index (χ1n) is 14.5. The number of para-hydroxylation sites is 1. The summed E-state index contributed by atoms with van der Waals surface area (Å²) in [7, 11) is -7.76. The first-order valence-corrected chi connectivity index (χ1v) is 17.4. The van der Waals surface area contributed by atoms with Crippen molar-refractivity contribution >= 4 is 31.6 Å². The maximum atomic E-state index is 13.9. The number of nitrogens with zero attached hydrogens (tertiary/aromatic N) is 2. The molecule has 5 rings (SSSR count). The van der Waals surface area contributed by atoms with Crippen LogP contribution in [0.4, 0.5) is 5.69 Å². The number of hydrogen-bond acceptors (Lipinski definition) is 6. The van der Waals surface area contributed by atoms with E-state index in [0.29, 0.717) is 43.1 Å². The Kier molecular flexibility index (Phi) is 9.62. The lowest BCUT2D eigenvalue weighted by atomic mass is 9.95. The Labute approximate surface area is 248 Å². The van der Waals surface area contributed by atoms with E-state index in [0.717, 1.165) is 38.5 Å². The molecule has 3 aromatic carbocycles. The third kappa shape index (κ3) is 7.20. The van der Waals surface area contributed by atoms with Crippen LogP contribution >= 0.6 is 0 Å². The summed E-state index contributed by atoms with van der Waals surface area (Å²) < 4.78 is 62.4. The number of amides is 1. The molecule has 1 aliphatic carbocycles. The summed E-state index contributed by atoms with van der Waals surface area (Å²) in [6.07, 6.45) is 6.76. The van der Waals surface area contributed by atoms with E-state index in [2.05, 4.69) is 5.32 Å². The number of anilines is 1. The highest BCUT2D eigenvalue weighted by Crippen LogP contribution is 2.29. The second-order valence-electron chi connectivity index (χ2n) is 10.8. The number of ether oxygens (including phenoxy) is 1. The normalized spacial score (nSPS) is 17.2. The fraction of sp³-hybridized carbons (Fsp3) is 0.387. The van der Waals surface area contributed by atoms with Gasteiger partial charge in [0.1, 0.15) is 11.5 Å². The summed E-state index contributed by atoms with van der Waals surface area (Å²) in [4.78, 5) is 13.2. The molecule has 1 saturated carbocycles. The third-order valence-electron chi connectivity index (χ3n) is 7.78. The molecule has 0 unspecified atom stereocenters. The minimum Gasteiger partial charge on any atom is -0.457 e. The van der Waals surface area contributed by atoms with E-state index < -0.39 is 26.0 Å². The molecule has 0 radical (unpaired) electrons. The molecule has 3 aromatic rings. The summed E-state index contributed by atoms with van der Waals surface area (Å²) in [5, 5.41) is 2.81. The Morgan fingerprint density at radius 1 is 0.738 bits per heavy atom. The van der Waals surface area contributed by atoms with Crippen molar-refractivity contribution in [1.82, 2.24) is 8.61 Å². The van der Waals surface area contributed by atoms with Crippen LogP contribution < -0.4 is 10.1 Å². The first-order chi connectivity index (χ1) is 20.2. The van der Waals surface area contributed by atoms with Crippen molar-refractivity contribution in [3.8, 4) is 11.5 Å². The van der Waals surface area contributed by atoms with Crippen molar-refractivity contribution in [2.45, 2.75) is 67.2 Å². The largest absolute Gasteiger partial charge is 0.457 e. The number of piperidine rings is 1. The van der Waals surface area contributed by atoms with Crippen LogP contribution in [0.2, 0.25) is 0 Å². The molecular formula is C31H37N3O6S2. The minimum absolute atomic E-state index is 0.0270. The van der Waals surface area contributed by atoms with Gasteiger partial charge >= 0.3 is 0 Å². The summed E-state index contributed by atoms with van der Waals surface area (Å²) in [6.45, 7) is 0.592. The van der Waals surface area contributed by atoms with Crippen LogP contribution in [0.1, 0.15) is 51.4 Å². The van der Waals surface area contributed by atoms with E-state index >= 15 is 0 Å². The van der Waals surface area contributed by atoms with Gasteiger partial charge in [-0.25, -0.2) is 16.8 Å². The van der Waals surface area contributed by atoms with Gasteiger partial charge in [0, 0.05) is 24.8 Å². The van der Waals surface area contributed by atoms with Gasteiger partial charge in [0.15, 0.2) is 0 Å². The second kappa shape index (κ2) is 13.4. The van der Waals surface area contributed by atoms with E-state index in [9.17, 15) is 21.6 Å². The number of rotatable bonds is 10. The average molecular weight is 612 g/mol. The quantitative estimate of drug-likeness (QED) is 0.319. The number of carbonyl (C=O) groups excluding carboxylic acids is 1. The molecule has 9 nitrogen and oxygen atoms in total. The van der Waals surface area contributed by atoms with E-state index in [1.807, 2.05) is 30.3 Å². The Morgan fingerprint density at radius 3 is 1.95 bits per heavy atom. The van der Waals surface area contributed by atoms with Gasteiger partial charge < -0.3 is 10.1 Å². The smallest absolute Gasteiger partial charge is 0.243 e. The van der Waals surface area contributed by atoms with Crippen molar-refractivity contribution in [3.05, 3.63) is 78.9 Å². The zero-order chi connectivity index (χ0) is 29.6. The second-order valence-corrected chi connectivity index (χ2v) is 14.6. The van der Waals surface area contributed by atoms with Crippen LogP contribution in [0.15, 0.2) is 88.7 Å². The molecule has 42 heavy (non-hydrogen) atoms. The Morgan fingerprint density at radius 2 is 1.31 bits per heavy atom. The molecule has 1 heterocycles. The summed E-state index contributed by atoms with van der Waals surface area (Å²) in [6, 6.07) is 21.3. The molecule has 0 spiro atoms. The monoisotopic (exact) mass is 611 g/mol. The molecular weight excluding hydrogens is 574 g/mol. The molecule has 1 saturated heterocycles. The third-order valence-corrected chi connectivity index (χ3v) is 11.6. The fourth-order valence-electron chi connectivity index (χ4n) is 5.53. The molecule has 2 fully saturated rings. The van der Waals surface area contributed by atoms with Gasteiger partial charge in [0.2, 0.25) is 26.0 Å². The summed E-state index contributed by atoms with van der Waals surface area (Å²) >= 11 is 0. The molecule has 0 bridgehead atoms. The zero-order valence-corrected chi connectivity index (χ0v) is 25.2. The number of carbonyl (C=O) groups is 1. The van der Waals surface area contributed by atoms with Crippen LogP contribution in [-0.2, 0) is 24.8 Å². The van der Waals surface area contributed by atoms with Crippen molar-refractivity contribution in [2.75, 3.05) is 25.0 Å². The van der Waals surface area contributed by atoms with Gasteiger partial charge in [0.05, 0.1) is 16.3 Å². The minimum atomic E-state index is -4.07. The highest BCUT2D eigenvalue weighted by atomic mass is 32.2. The lowest BCUT2D eigenvalue weighted by Gasteiger charge is -2.33.